The molecule has 0 saturated heterocycles. The molecule has 4 saturated carbocycles. The molecule has 1 aromatic rings. The molecule has 1 nitrogen and oxygen atoms in total. The summed E-state index contributed by atoms with van der Waals surface area (Å²) in [5, 5.41) is 2.26. The van der Waals surface area contributed by atoms with Crippen molar-refractivity contribution < 1.29 is 0 Å². The summed E-state index contributed by atoms with van der Waals surface area (Å²) in [6, 6.07) is 0. The average Bonchev–Trinajstić information content (AvgIpc) is 2.67. The van der Waals surface area contributed by atoms with E-state index in [9.17, 15) is 0 Å². The normalized spacial score (nSPS) is 47.3. The molecule has 1 radical (unpaired) electrons. The zero-order valence-corrected chi connectivity index (χ0v) is 9.72. The van der Waals surface area contributed by atoms with Gasteiger partial charge in [-0.15, -0.1) is 11.3 Å². The first-order chi connectivity index (χ1) is 7.34. The van der Waals surface area contributed by atoms with Gasteiger partial charge in [-0.1, -0.05) is 0 Å². The highest BCUT2D eigenvalue weighted by Crippen LogP contribution is 2.60. The van der Waals surface area contributed by atoms with Crippen molar-refractivity contribution in [3.63, 3.8) is 0 Å². The Kier molecular flexibility index (Phi) is 1.66. The predicted octanol–water partition coefficient (Wildman–Crippen LogP) is 3.41. The number of hydrogen-bond donors (Lipinski definition) is 0. The fraction of sp³-hybridized carbons (Fsp3) is 0.769. The highest BCUT2D eigenvalue weighted by atomic mass is 32.1. The van der Waals surface area contributed by atoms with E-state index in [-0.39, 0.29) is 0 Å². The largest absolute Gasteiger partial charge is 0.238 e. The number of thiazole rings is 1. The second-order valence-corrected chi connectivity index (χ2v) is 6.68. The maximum atomic E-state index is 4.50. The van der Waals surface area contributed by atoms with E-state index < -0.39 is 0 Å². The lowest BCUT2D eigenvalue weighted by Gasteiger charge is -2.56. The van der Waals surface area contributed by atoms with E-state index in [1.54, 1.807) is 11.3 Å². The summed E-state index contributed by atoms with van der Waals surface area (Å²) in [6.07, 6.45) is 8.84. The second-order valence-electron chi connectivity index (χ2n) is 6.02. The quantitative estimate of drug-likeness (QED) is 0.704. The molecule has 4 fully saturated rings. The molecule has 0 atom stereocenters. The van der Waals surface area contributed by atoms with Crippen LogP contribution in [0, 0.1) is 23.3 Å². The van der Waals surface area contributed by atoms with Gasteiger partial charge in [0, 0.05) is 10.8 Å². The minimum atomic E-state index is 0.491. The molecule has 0 unspecified atom stereocenters. The first kappa shape index (κ1) is 8.74. The summed E-state index contributed by atoms with van der Waals surface area (Å²) < 4.78 is 0. The van der Waals surface area contributed by atoms with Gasteiger partial charge in [-0.05, 0) is 56.3 Å². The second kappa shape index (κ2) is 2.85. The third kappa shape index (κ3) is 1.17. The summed E-state index contributed by atoms with van der Waals surface area (Å²) in [4.78, 5) is 4.50. The molecule has 1 aromatic heterocycles. The molecule has 4 bridgehead atoms. The van der Waals surface area contributed by atoms with Crippen LogP contribution in [0.2, 0.25) is 0 Å². The molecule has 15 heavy (non-hydrogen) atoms. The van der Waals surface area contributed by atoms with Gasteiger partial charge in [0.25, 0.3) is 0 Å². The molecule has 2 heteroatoms. The number of aromatic nitrogens is 1. The summed E-state index contributed by atoms with van der Waals surface area (Å²) in [5.41, 5.74) is 4.92. The van der Waals surface area contributed by atoms with E-state index in [0.29, 0.717) is 5.41 Å². The Balaban J connectivity index is 1.77. The molecule has 0 aliphatic heterocycles. The van der Waals surface area contributed by atoms with Crippen molar-refractivity contribution in [3.05, 3.63) is 16.6 Å². The molecular weight excluding hydrogens is 202 g/mol. The number of hydrogen-bond acceptors (Lipinski definition) is 2. The Morgan fingerprint density at radius 1 is 1.13 bits per heavy atom. The molecule has 5 rings (SSSR count). The molecule has 79 valence electrons. The Morgan fingerprint density at radius 2 is 1.73 bits per heavy atom. The van der Waals surface area contributed by atoms with E-state index >= 15 is 0 Å². The van der Waals surface area contributed by atoms with Crippen LogP contribution < -0.4 is 0 Å². The molecule has 1 heterocycles. The molecular formula is C13H16NS. The van der Waals surface area contributed by atoms with Gasteiger partial charge in [-0.3, -0.25) is 0 Å². The third-order valence-electron chi connectivity index (χ3n) is 4.97. The minimum Gasteiger partial charge on any atom is -0.238 e. The standard InChI is InChI=1S/C13H16NS/c1-9-2-11-3-10(1)5-13(4-9,6-11)12-7-15-8-14-12/h7,9-11H,1-6H2. The monoisotopic (exact) mass is 218 g/mol. The van der Waals surface area contributed by atoms with Crippen LogP contribution in [-0.4, -0.2) is 4.98 Å². The Bertz CT molecular complexity index is 333. The Morgan fingerprint density at radius 3 is 2.20 bits per heavy atom. The lowest BCUT2D eigenvalue weighted by Crippen LogP contribution is -2.48. The van der Waals surface area contributed by atoms with Gasteiger partial charge in [0.1, 0.15) is 0 Å². The number of rotatable bonds is 1. The van der Waals surface area contributed by atoms with Crippen LogP contribution in [-0.2, 0) is 5.41 Å². The highest BCUT2D eigenvalue weighted by molar-refractivity contribution is 7.07. The predicted molar refractivity (Wildman–Crippen MR) is 60.8 cm³/mol. The zero-order valence-electron chi connectivity index (χ0n) is 8.91. The van der Waals surface area contributed by atoms with E-state index in [2.05, 4.69) is 15.9 Å². The van der Waals surface area contributed by atoms with Crippen molar-refractivity contribution in [1.82, 2.24) is 4.98 Å². The molecule has 4 aliphatic carbocycles. The van der Waals surface area contributed by atoms with E-state index in [1.807, 2.05) is 0 Å². The fourth-order valence-corrected chi connectivity index (χ4v) is 5.47. The van der Waals surface area contributed by atoms with Gasteiger partial charge in [0.15, 0.2) is 5.51 Å². The summed E-state index contributed by atoms with van der Waals surface area (Å²) in [5.74, 6) is 3.08. The van der Waals surface area contributed by atoms with Crippen molar-refractivity contribution in [2.75, 3.05) is 0 Å². The number of nitrogens with zero attached hydrogens (tertiary/aromatic N) is 1. The topological polar surface area (TPSA) is 12.9 Å². The van der Waals surface area contributed by atoms with Crippen molar-refractivity contribution in [3.8, 4) is 0 Å². The first-order valence-electron chi connectivity index (χ1n) is 6.16. The maximum absolute atomic E-state index is 4.50. The van der Waals surface area contributed by atoms with Gasteiger partial charge < -0.3 is 0 Å². The SMILES string of the molecule is [c]1nc(C23CC4CC(CC(C4)C2)C3)cs1. The van der Waals surface area contributed by atoms with Crippen LogP contribution in [0.25, 0.3) is 0 Å². The van der Waals surface area contributed by atoms with E-state index in [4.69, 9.17) is 0 Å². The third-order valence-corrected chi connectivity index (χ3v) is 5.51. The van der Waals surface area contributed by atoms with Crippen LogP contribution in [0.3, 0.4) is 0 Å². The van der Waals surface area contributed by atoms with Crippen molar-refractivity contribution >= 4 is 11.3 Å². The first-order valence-corrected chi connectivity index (χ1v) is 7.04. The van der Waals surface area contributed by atoms with Gasteiger partial charge in [-0.25, -0.2) is 4.98 Å². The van der Waals surface area contributed by atoms with Crippen LogP contribution in [0.5, 0.6) is 0 Å². The summed E-state index contributed by atoms with van der Waals surface area (Å²) in [7, 11) is 0. The maximum Gasteiger partial charge on any atom is 0.152 e. The fourth-order valence-electron chi connectivity index (χ4n) is 4.85. The van der Waals surface area contributed by atoms with Crippen molar-refractivity contribution in [2.24, 2.45) is 17.8 Å². The van der Waals surface area contributed by atoms with Gasteiger partial charge in [0.2, 0.25) is 0 Å². The summed E-state index contributed by atoms with van der Waals surface area (Å²) in [6.45, 7) is 0. The van der Waals surface area contributed by atoms with Gasteiger partial charge in [-0.2, -0.15) is 0 Å². The lowest BCUT2D eigenvalue weighted by molar-refractivity contribution is -0.00694. The highest BCUT2D eigenvalue weighted by Gasteiger charge is 2.52. The molecule has 0 aromatic carbocycles. The summed E-state index contributed by atoms with van der Waals surface area (Å²) >= 11 is 1.65. The Labute approximate surface area is 94.9 Å². The molecule has 0 amide bonds. The zero-order chi connectivity index (χ0) is 9.88. The Hall–Kier alpha value is -0.370. The van der Waals surface area contributed by atoms with Crippen molar-refractivity contribution in [2.45, 2.75) is 43.9 Å². The van der Waals surface area contributed by atoms with Crippen LogP contribution in [0.1, 0.15) is 44.2 Å². The molecule has 4 aliphatic rings. The van der Waals surface area contributed by atoms with Crippen LogP contribution in [0.4, 0.5) is 0 Å². The van der Waals surface area contributed by atoms with Crippen molar-refractivity contribution in [1.29, 1.82) is 0 Å². The lowest BCUT2D eigenvalue weighted by atomic mass is 9.49. The minimum absolute atomic E-state index is 0.491. The molecule has 0 spiro atoms. The van der Waals surface area contributed by atoms with Crippen LogP contribution in [0.15, 0.2) is 5.38 Å². The van der Waals surface area contributed by atoms with Gasteiger partial charge in [0.05, 0.1) is 5.69 Å². The molecule has 0 N–H and O–H groups in total. The average molecular weight is 218 g/mol. The van der Waals surface area contributed by atoms with Crippen LogP contribution >= 0.6 is 11.3 Å². The van der Waals surface area contributed by atoms with E-state index in [1.165, 1.54) is 44.2 Å². The smallest absolute Gasteiger partial charge is 0.152 e. The van der Waals surface area contributed by atoms with Gasteiger partial charge >= 0.3 is 0 Å². The van der Waals surface area contributed by atoms with E-state index in [0.717, 1.165) is 17.8 Å².